The van der Waals surface area contributed by atoms with Gasteiger partial charge < -0.3 is 19.4 Å². The smallest absolute Gasteiger partial charge is 0.254 e. The number of ketones is 1. The molecule has 1 aliphatic rings. The van der Waals surface area contributed by atoms with Crippen molar-refractivity contribution in [3.63, 3.8) is 0 Å². The highest BCUT2D eigenvalue weighted by Crippen LogP contribution is 2.17. The maximum absolute atomic E-state index is 12.4. The highest BCUT2D eigenvalue weighted by Gasteiger charge is 2.24. The number of likely N-dealkylation sites (N-methyl/N-ethyl adjacent to an activating group) is 1. The summed E-state index contributed by atoms with van der Waals surface area (Å²) in [6.07, 6.45) is 0.270. The van der Waals surface area contributed by atoms with E-state index in [1.54, 1.807) is 30.3 Å². The SMILES string of the molecule is CCc1ccc(C(=O)c2ccc(NC(=O)[C@H]3CN(C)CCO3)cc2)o1. The lowest BCUT2D eigenvalue weighted by Gasteiger charge is -2.29. The van der Waals surface area contributed by atoms with Crippen molar-refractivity contribution in [1.82, 2.24) is 4.90 Å². The summed E-state index contributed by atoms with van der Waals surface area (Å²) >= 11 is 0. The van der Waals surface area contributed by atoms with E-state index in [4.69, 9.17) is 9.15 Å². The van der Waals surface area contributed by atoms with E-state index in [2.05, 4.69) is 10.2 Å². The average molecular weight is 342 g/mol. The molecule has 1 aromatic heterocycles. The van der Waals surface area contributed by atoms with Crippen LogP contribution in [0.25, 0.3) is 0 Å². The number of hydrogen-bond donors (Lipinski definition) is 1. The van der Waals surface area contributed by atoms with Crippen molar-refractivity contribution in [3.8, 4) is 0 Å². The van der Waals surface area contributed by atoms with Gasteiger partial charge in [-0.1, -0.05) is 6.92 Å². The van der Waals surface area contributed by atoms with Gasteiger partial charge in [0.1, 0.15) is 11.9 Å². The van der Waals surface area contributed by atoms with Gasteiger partial charge in [0.05, 0.1) is 6.61 Å². The van der Waals surface area contributed by atoms with Gasteiger partial charge >= 0.3 is 0 Å². The highest BCUT2D eigenvalue weighted by atomic mass is 16.5. The summed E-state index contributed by atoms with van der Waals surface area (Å²) < 4.78 is 11.0. The molecule has 132 valence electrons. The van der Waals surface area contributed by atoms with E-state index in [0.29, 0.717) is 30.2 Å². The number of carbonyl (C=O) groups is 2. The van der Waals surface area contributed by atoms with Crippen molar-refractivity contribution in [1.29, 1.82) is 0 Å². The van der Waals surface area contributed by atoms with E-state index >= 15 is 0 Å². The van der Waals surface area contributed by atoms with Gasteiger partial charge in [-0.3, -0.25) is 9.59 Å². The molecule has 25 heavy (non-hydrogen) atoms. The van der Waals surface area contributed by atoms with E-state index < -0.39 is 6.10 Å². The Bertz CT molecular complexity index is 751. The number of morpholine rings is 1. The van der Waals surface area contributed by atoms with Crippen molar-refractivity contribution >= 4 is 17.4 Å². The lowest BCUT2D eigenvalue weighted by atomic mass is 10.1. The fraction of sp³-hybridized carbons (Fsp3) is 0.368. The molecular weight excluding hydrogens is 320 g/mol. The number of furan rings is 1. The summed E-state index contributed by atoms with van der Waals surface area (Å²) in [4.78, 5) is 26.7. The molecule has 3 rings (SSSR count). The second kappa shape index (κ2) is 7.63. The first-order valence-corrected chi connectivity index (χ1v) is 8.41. The Labute approximate surface area is 146 Å². The van der Waals surface area contributed by atoms with Crippen molar-refractivity contribution in [2.75, 3.05) is 32.1 Å². The molecule has 6 heteroatoms. The minimum atomic E-state index is -0.476. The first kappa shape index (κ1) is 17.4. The van der Waals surface area contributed by atoms with Crippen LogP contribution in [0.3, 0.4) is 0 Å². The largest absolute Gasteiger partial charge is 0.458 e. The first-order valence-electron chi connectivity index (χ1n) is 8.41. The third-order valence-corrected chi connectivity index (χ3v) is 4.21. The van der Waals surface area contributed by atoms with Crippen LogP contribution in [0.1, 0.15) is 28.8 Å². The minimum Gasteiger partial charge on any atom is -0.458 e. The second-order valence-electron chi connectivity index (χ2n) is 6.14. The van der Waals surface area contributed by atoms with Crippen LogP contribution in [0.15, 0.2) is 40.8 Å². The van der Waals surface area contributed by atoms with Gasteiger partial charge in [-0.05, 0) is 43.4 Å². The summed E-state index contributed by atoms with van der Waals surface area (Å²) in [5, 5.41) is 2.83. The zero-order chi connectivity index (χ0) is 17.8. The number of benzene rings is 1. The normalized spacial score (nSPS) is 18.1. The van der Waals surface area contributed by atoms with Crippen LogP contribution in [0.2, 0.25) is 0 Å². The minimum absolute atomic E-state index is 0.171. The molecule has 1 fully saturated rings. The lowest BCUT2D eigenvalue weighted by Crippen LogP contribution is -2.46. The summed E-state index contributed by atoms with van der Waals surface area (Å²) in [5.41, 5.74) is 1.15. The van der Waals surface area contributed by atoms with Crippen LogP contribution in [0.5, 0.6) is 0 Å². The van der Waals surface area contributed by atoms with Gasteiger partial charge in [0, 0.05) is 30.8 Å². The molecule has 0 spiro atoms. The fourth-order valence-electron chi connectivity index (χ4n) is 2.70. The molecular formula is C19H22N2O4. The van der Waals surface area contributed by atoms with E-state index in [9.17, 15) is 9.59 Å². The van der Waals surface area contributed by atoms with Gasteiger partial charge in [0.25, 0.3) is 5.91 Å². The Morgan fingerprint density at radius 3 is 2.60 bits per heavy atom. The maximum Gasteiger partial charge on any atom is 0.254 e. The van der Waals surface area contributed by atoms with Crippen LogP contribution >= 0.6 is 0 Å². The van der Waals surface area contributed by atoms with Crippen molar-refractivity contribution in [2.45, 2.75) is 19.4 Å². The molecule has 0 unspecified atom stereocenters. The van der Waals surface area contributed by atoms with Crippen molar-refractivity contribution in [3.05, 3.63) is 53.5 Å². The summed E-state index contributed by atoms with van der Waals surface area (Å²) in [7, 11) is 1.96. The first-order chi connectivity index (χ1) is 12.1. The Balaban J connectivity index is 1.63. The van der Waals surface area contributed by atoms with Gasteiger partial charge in [0.15, 0.2) is 5.76 Å². The average Bonchev–Trinajstić information content (AvgIpc) is 3.11. The van der Waals surface area contributed by atoms with Crippen LogP contribution in [-0.4, -0.2) is 49.4 Å². The number of ether oxygens (including phenoxy) is 1. The molecule has 0 saturated carbocycles. The lowest BCUT2D eigenvalue weighted by molar-refractivity contribution is -0.132. The Kier molecular flexibility index (Phi) is 5.31. The van der Waals surface area contributed by atoms with Crippen molar-refractivity contribution < 1.29 is 18.7 Å². The zero-order valence-electron chi connectivity index (χ0n) is 14.5. The number of carbonyl (C=O) groups excluding carboxylic acids is 2. The molecule has 1 amide bonds. The molecule has 0 aliphatic carbocycles. The number of rotatable bonds is 5. The van der Waals surface area contributed by atoms with Crippen LogP contribution in [0, 0.1) is 0 Å². The number of amides is 1. The van der Waals surface area contributed by atoms with Gasteiger partial charge in [-0.2, -0.15) is 0 Å². The molecule has 2 heterocycles. The van der Waals surface area contributed by atoms with Gasteiger partial charge in [-0.25, -0.2) is 0 Å². The van der Waals surface area contributed by atoms with Crippen LogP contribution < -0.4 is 5.32 Å². The standard InChI is InChI=1S/C19H22N2O4/c1-3-15-8-9-16(25-15)18(22)13-4-6-14(7-5-13)20-19(23)17-12-21(2)10-11-24-17/h4-9,17H,3,10-12H2,1-2H3,(H,20,23)/t17-/m1/s1. The van der Waals surface area contributed by atoms with Gasteiger partial charge in [-0.15, -0.1) is 0 Å². The molecule has 1 atom stereocenters. The molecule has 1 aliphatic heterocycles. The number of nitrogens with one attached hydrogen (secondary N) is 1. The fourth-order valence-corrected chi connectivity index (χ4v) is 2.70. The third-order valence-electron chi connectivity index (χ3n) is 4.21. The Morgan fingerprint density at radius 1 is 1.20 bits per heavy atom. The maximum atomic E-state index is 12.4. The topological polar surface area (TPSA) is 71.8 Å². The molecule has 2 aromatic rings. The highest BCUT2D eigenvalue weighted by molar-refractivity contribution is 6.07. The van der Waals surface area contributed by atoms with Gasteiger partial charge in [0.2, 0.25) is 5.78 Å². The molecule has 1 N–H and O–H groups in total. The molecule has 1 aromatic carbocycles. The van der Waals surface area contributed by atoms with E-state index in [1.807, 2.05) is 20.0 Å². The summed E-state index contributed by atoms with van der Waals surface area (Å²) in [6, 6.07) is 10.3. The van der Waals surface area contributed by atoms with E-state index in [-0.39, 0.29) is 11.7 Å². The second-order valence-corrected chi connectivity index (χ2v) is 6.14. The third kappa shape index (κ3) is 4.15. The number of hydrogen-bond acceptors (Lipinski definition) is 5. The number of nitrogens with zero attached hydrogens (tertiary/aromatic N) is 1. The molecule has 1 saturated heterocycles. The van der Waals surface area contributed by atoms with E-state index in [0.717, 1.165) is 18.7 Å². The van der Waals surface area contributed by atoms with Crippen molar-refractivity contribution in [2.24, 2.45) is 0 Å². The molecule has 0 radical (unpaired) electrons. The zero-order valence-corrected chi connectivity index (χ0v) is 14.5. The van der Waals surface area contributed by atoms with Crippen LogP contribution in [-0.2, 0) is 16.0 Å². The monoisotopic (exact) mass is 342 g/mol. The Morgan fingerprint density at radius 2 is 1.96 bits per heavy atom. The summed E-state index contributed by atoms with van der Waals surface area (Å²) in [6.45, 7) is 3.91. The quantitative estimate of drug-likeness (QED) is 0.845. The van der Waals surface area contributed by atoms with E-state index in [1.165, 1.54) is 0 Å². The Hall–Kier alpha value is -2.44. The predicted octanol–water partition coefficient (Wildman–Crippen LogP) is 2.34. The molecule has 0 bridgehead atoms. The number of anilines is 1. The predicted molar refractivity (Wildman–Crippen MR) is 93.8 cm³/mol. The molecule has 6 nitrogen and oxygen atoms in total. The number of aryl methyl sites for hydroxylation is 1. The van der Waals surface area contributed by atoms with Crippen LogP contribution in [0.4, 0.5) is 5.69 Å². The summed E-state index contributed by atoms with van der Waals surface area (Å²) in [5.74, 6) is 0.760.